The van der Waals surface area contributed by atoms with Crippen molar-refractivity contribution >= 4 is 23.3 Å². The molecule has 25 heavy (non-hydrogen) atoms. The molecule has 3 rings (SSSR count). The maximum atomic E-state index is 12.7. The lowest BCUT2D eigenvalue weighted by Crippen LogP contribution is -2.42. The number of para-hydroxylation sites is 1. The van der Waals surface area contributed by atoms with Crippen LogP contribution in [0.1, 0.15) is 44.3 Å². The van der Waals surface area contributed by atoms with Crippen LogP contribution in [0.25, 0.3) is 0 Å². The molecule has 0 spiro atoms. The first kappa shape index (κ1) is 16.9. The van der Waals surface area contributed by atoms with Crippen LogP contribution in [-0.4, -0.2) is 23.9 Å². The van der Waals surface area contributed by atoms with Crippen LogP contribution in [0, 0.1) is 20.8 Å². The number of fused-ring (bicyclic) bond motifs is 1. The van der Waals surface area contributed by atoms with Crippen molar-refractivity contribution in [1.82, 2.24) is 0 Å². The minimum atomic E-state index is -1.26. The number of Topliss-reactive ketones (excluding diaryl/α,β-unsaturated/α-hetero) is 1. The largest absolute Gasteiger partial charge is 0.429 e. The molecular weight excluding hydrogens is 318 g/mol. The van der Waals surface area contributed by atoms with E-state index in [-0.39, 0.29) is 11.7 Å². The van der Waals surface area contributed by atoms with Crippen LogP contribution in [0.3, 0.4) is 0 Å². The zero-order chi connectivity index (χ0) is 18.3. The molecule has 0 aliphatic carbocycles. The van der Waals surface area contributed by atoms with E-state index in [4.69, 9.17) is 4.74 Å². The third-order valence-electron chi connectivity index (χ3n) is 4.33. The van der Waals surface area contributed by atoms with Crippen LogP contribution in [-0.2, 0) is 9.53 Å². The van der Waals surface area contributed by atoms with E-state index in [1.165, 1.54) is 11.8 Å². The second-order valence-electron chi connectivity index (χ2n) is 6.30. The molecule has 0 aromatic heterocycles. The number of carbonyl (C=O) groups is 3. The van der Waals surface area contributed by atoms with Crippen molar-refractivity contribution < 1.29 is 19.1 Å². The normalized spacial score (nSPS) is 15.9. The summed E-state index contributed by atoms with van der Waals surface area (Å²) in [6, 6.07) is 10.5. The fraction of sp³-hybridized carbons (Fsp3) is 0.250. The molecule has 5 heteroatoms. The molecule has 128 valence electrons. The maximum Gasteiger partial charge on any atom is 0.340 e. The Morgan fingerprint density at radius 1 is 1.04 bits per heavy atom. The summed E-state index contributed by atoms with van der Waals surface area (Å²) < 4.78 is 5.48. The first-order valence-corrected chi connectivity index (χ1v) is 8.03. The van der Waals surface area contributed by atoms with E-state index >= 15 is 0 Å². The second kappa shape index (κ2) is 6.16. The second-order valence-corrected chi connectivity index (χ2v) is 6.30. The summed E-state index contributed by atoms with van der Waals surface area (Å²) in [4.78, 5) is 38.6. The molecule has 0 radical (unpaired) electrons. The topological polar surface area (TPSA) is 63.7 Å². The number of hydrogen-bond donors (Lipinski definition) is 0. The molecule has 1 aliphatic rings. The lowest BCUT2D eigenvalue weighted by molar-refractivity contribution is -0.118. The monoisotopic (exact) mass is 337 g/mol. The molecule has 0 fully saturated rings. The Morgan fingerprint density at radius 3 is 2.24 bits per heavy atom. The molecule has 1 atom stereocenters. The molecule has 0 saturated carbocycles. The Hall–Kier alpha value is -2.95. The smallest absolute Gasteiger partial charge is 0.340 e. The highest BCUT2D eigenvalue weighted by molar-refractivity contribution is 6.17. The quantitative estimate of drug-likeness (QED) is 0.789. The summed E-state index contributed by atoms with van der Waals surface area (Å²) in [7, 11) is 0. The molecule has 0 bridgehead atoms. The first-order valence-electron chi connectivity index (χ1n) is 8.03. The van der Waals surface area contributed by atoms with Gasteiger partial charge in [0.25, 0.3) is 0 Å². The highest BCUT2D eigenvalue weighted by Gasteiger charge is 2.42. The van der Waals surface area contributed by atoms with E-state index in [9.17, 15) is 14.4 Å². The number of ether oxygens (including phenoxy) is 1. The first-order chi connectivity index (χ1) is 11.8. The number of rotatable bonds is 2. The van der Waals surface area contributed by atoms with Crippen molar-refractivity contribution in [3.8, 4) is 0 Å². The fourth-order valence-electron chi connectivity index (χ4n) is 3.37. The Labute approximate surface area is 146 Å². The standard InChI is InChI=1S/C20H19NO4/c1-11-9-12(2)17(13(3)10-11)20(24)25-19-18(23)15-7-5-6-8-16(15)21(19)14(4)22/h5-10,19H,1-4H3/t19-/m0/s1. The van der Waals surface area contributed by atoms with Crippen LogP contribution < -0.4 is 4.90 Å². The van der Waals surface area contributed by atoms with Crippen molar-refractivity contribution in [3.63, 3.8) is 0 Å². The predicted octanol–water partition coefficient (Wildman–Crippen LogP) is 3.34. The number of carbonyl (C=O) groups excluding carboxylic acids is 3. The number of esters is 1. The average Bonchev–Trinajstić information content (AvgIpc) is 2.79. The Bertz CT molecular complexity index is 877. The minimum absolute atomic E-state index is 0.353. The van der Waals surface area contributed by atoms with E-state index in [1.807, 2.05) is 32.9 Å². The number of ketones is 1. The third-order valence-corrected chi connectivity index (χ3v) is 4.33. The summed E-state index contributed by atoms with van der Waals surface area (Å²) >= 11 is 0. The average molecular weight is 337 g/mol. The lowest BCUT2D eigenvalue weighted by atomic mass is 10.00. The van der Waals surface area contributed by atoms with Gasteiger partial charge in [0.15, 0.2) is 0 Å². The fourth-order valence-corrected chi connectivity index (χ4v) is 3.37. The minimum Gasteiger partial charge on any atom is -0.429 e. The zero-order valence-corrected chi connectivity index (χ0v) is 14.6. The SMILES string of the molecule is CC(=O)N1c2ccccc2C(=O)[C@@H]1OC(=O)c1c(C)cc(C)cc1C. The van der Waals surface area contributed by atoms with Gasteiger partial charge in [0.2, 0.25) is 17.9 Å². The number of nitrogens with zero attached hydrogens (tertiary/aromatic N) is 1. The van der Waals surface area contributed by atoms with Crippen LogP contribution in [0.5, 0.6) is 0 Å². The van der Waals surface area contributed by atoms with E-state index in [0.29, 0.717) is 16.8 Å². The van der Waals surface area contributed by atoms with Crippen molar-refractivity contribution in [2.24, 2.45) is 0 Å². The molecule has 2 aromatic rings. The van der Waals surface area contributed by atoms with Crippen molar-refractivity contribution in [1.29, 1.82) is 0 Å². The van der Waals surface area contributed by atoms with E-state index < -0.39 is 12.2 Å². The van der Waals surface area contributed by atoms with Gasteiger partial charge in [-0.1, -0.05) is 29.8 Å². The molecule has 1 amide bonds. The third kappa shape index (κ3) is 2.82. The van der Waals surface area contributed by atoms with Gasteiger partial charge in [0.1, 0.15) is 0 Å². The maximum absolute atomic E-state index is 12.7. The molecule has 2 aromatic carbocycles. The van der Waals surface area contributed by atoms with Crippen LogP contribution >= 0.6 is 0 Å². The van der Waals surface area contributed by atoms with Gasteiger partial charge in [0.05, 0.1) is 11.3 Å². The Balaban J connectivity index is 1.97. The Kier molecular flexibility index (Phi) is 4.17. The lowest BCUT2D eigenvalue weighted by Gasteiger charge is -2.23. The molecule has 1 aliphatic heterocycles. The summed E-state index contributed by atoms with van der Waals surface area (Å²) in [5.74, 6) is -1.34. The van der Waals surface area contributed by atoms with Gasteiger partial charge in [-0.15, -0.1) is 0 Å². The number of hydrogen-bond acceptors (Lipinski definition) is 4. The highest BCUT2D eigenvalue weighted by atomic mass is 16.6. The molecular formula is C20H19NO4. The highest BCUT2D eigenvalue weighted by Crippen LogP contribution is 2.33. The van der Waals surface area contributed by atoms with E-state index in [2.05, 4.69) is 0 Å². The zero-order valence-electron chi connectivity index (χ0n) is 14.6. The summed E-state index contributed by atoms with van der Waals surface area (Å²) in [6.07, 6.45) is -1.26. The van der Waals surface area contributed by atoms with E-state index in [1.54, 1.807) is 24.3 Å². The molecule has 5 nitrogen and oxygen atoms in total. The molecule has 0 saturated heterocycles. The van der Waals surface area contributed by atoms with Crippen molar-refractivity contribution in [2.45, 2.75) is 33.9 Å². The van der Waals surface area contributed by atoms with Gasteiger partial charge in [-0.2, -0.15) is 0 Å². The van der Waals surface area contributed by atoms with Gasteiger partial charge in [-0.05, 0) is 44.0 Å². The molecule has 1 heterocycles. The number of benzene rings is 2. The summed E-state index contributed by atoms with van der Waals surface area (Å²) in [6.45, 7) is 6.94. The van der Waals surface area contributed by atoms with Crippen LogP contribution in [0.4, 0.5) is 5.69 Å². The van der Waals surface area contributed by atoms with Gasteiger partial charge in [0, 0.05) is 12.5 Å². The van der Waals surface area contributed by atoms with Gasteiger partial charge in [-0.25, -0.2) is 4.79 Å². The number of aryl methyl sites for hydroxylation is 3. The molecule has 0 N–H and O–H groups in total. The summed E-state index contributed by atoms with van der Waals surface area (Å²) in [5, 5.41) is 0. The summed E-state index contributed by atoms with van der Waals surface area (Å²) in [5.41, 5.74) is 3.88. The van der Waals surface area contributed by atoms with Crippen molar-refractivity contribution in [2.75, 3.05) is 4.90 Å². The van der Waals surface area contributed by atoms with Crippen LogP contribution in [0.15, 0.2) is 36.4 Å². The number of amides is 1. The van der Waals surface area contributed by atoms with Gasteiger partial charge < -0.3 is 4.74 Å². The predicted molar refractivity (Wildman–Crippen MR) is 93.8 cm³/mol. The Morgan fingerprint density at radius 2 is 1.64 bits per heavy atom. The number of anilines is 1. The van der Waals surface area contributed by atoms with Gasteiger partial charge >= 0.3 is 5.97 Å². The van der Waals surface area contributed by atoms with Crippen molar-refractivity contribution in [3.05, 3.63) is 64.2 Å². The van der Waals surface area contributed by atoms with E-state index in [0.717, 1.165) is 16.7 Å². The van der Waals surface area contributed by atoms with Crippen LogP contribution in [0.2, 0.25) is 0 Å². The molecule has 0 unspecified atom stereocenters. The van der Waals surface area contributed by atoms with Gasteiger partial charge in [-0.3, -0.25) is 14.5 Å².